The van der Waals surface area contributed by atoms with Crippen LogP contribution in [-0.2, 0) is 10.0 Å². The largest absolute Gasteiger partial charge is 0.497 e. The van der Waals surface area contributed by atoms with Gasteiger partial charge in [-0.25, -0.2) is 8.42 Å². The van der Waals surface area contributed by atoms with Gasteiger partial charge in [-0.3, -0.25) is 0 Å². The smallest absolute Gasteiger partial charge is 0.241 e. The zero-order valence-electron chi connectivity index (χ0n) is 12.8. The molecule has 0 unspecified atom stereocenters. The van der Waals surface area contributed by atoms with Crippen molar-refractivity contribution in [2.45, 2.75) is 11.8 Å². The van der Waals surface area contributed by atoms with Crippen LogP contribution in [-0.4, -0.2) is 22.1 Å². The summed E-state index contributed by atoms with van der Waals surface area (Å²) in [4.78, 5) is 0.163. The van der Waals surface area contributed by atoms with Crippen LogP contribution in [0.2, 0.25) is 5.02 Å². The lowest BCUT2D eigenvalue weighted by Gasteiger charge is -2.08. The third-order valence-electron chi connectivity index (χ3n) is 3.18. The summed E-state index contributed by atoms with van der Waals surface area (Å²) in [5.41, 5.74) is 1.30. The molecular formula is C17H16ClNO3S. The van der Waals surface area contributed by atoms with Gasteiger partial charge in [0.25, 0.3) is 0 Å². The van der Waals surface area contributed by atoms with E-state index < -0.39 is 10.0 Å². The average molecular weight is 350 g/mol. The molecule has 0 radical (unpaired) electrons. The number of benzene rings is 2. The van der Waals surface area contributed by atoms with Crippen molar-refractivity contribution in [3.63, 3.8) is 0 Å². The number of sulfonamides is 1. The van der Waals surface area contributed by atoms with Gasteiger partial charge in [-0.15, -0.1) is 0 Å². The fraction of sp³-hybridized carbons (Fsp3) is 0.176. The van der Waals surface area contributed by atoms with Crippen molar-refractivity contribution in [2.75, 3.05) is 13.7 Å². The molecular weight excluding hydrogens is 334 g/mol. The Hall–Kier alpha value is -2.00. The molecule has 0 aliphatic carbocycles. The van der Waals surface area contributed by atoms with E-state index in [2.05, 4.69) is 16.6 Å². The number of halogens is 1. The first-order valence-corrected chi connectivity index (χ1v) is 8.68. The molecule has 2 rings (SSSR count). The highest BCUT2D eigenvalue weighted by atomic mass is 35.5. The van der Waals surface area contributed by atoms with Crippen molar-refractivity contribution in [1.82, 2.24) is 4.72 Å². The van der Waals surface area contributed by atoms with Crippen LogP contribution in [0.25, 0.3) is 0 Å². The molecule has 0 atom stereocenters. The molecule has 120 valence electrons. The third-order valence-corrected chi connectivity index (χ3v) is 5.14. The molecule has 4 nitrogen and oxygen atoms in total. The molecule has 23 heavy (non-hydrogen) atoms. The molecule has 1 N–H and O–H groups in total. The summed E-state index contributed by atoms with van der Waals surface area (Å²) in [6.07, 6.45) is 0. The summed E-state index contributed by atoms with van der Waals surface area (Å²) in [6, 6.07) is 12.0. The van der Waals surface area contributed by atoms with Crippen molar-refractivity contribution in [3.8, 4) is 17.6 Å². The van der Waals surface area contributed by atoms with E-state index in [9.17, 15) is 8.42 Å². The molecule has 0 aliphatic heterocycles. The second kappa shape index (κ2) is 7.51. The molecule has 2 aromatic rings. The van der Waals surface area contributed by atoms with E-state index >= 15 is 0 Å². The van der Waals surface area contributed by atoms with E-state index in [1.165, 1.54) is 6.07 Å². The molecule has 0 bridgehead atoms. The normalized spacial score (nSPS) is 10.7. The number of hydrogen-bond acceptors (Lipinski definition) is 3. The third kappa shape index (κ3) is 4.49. The summed E-state index contributed by atoms with van der Waals surface area (Å²) >= 11 is 5.96. The van der Waals surface area contributed by atoms with Gasteiger partial charge >= 0.3 is 0 Å². The van der Waals surface area contributed by atoms with Crippen LogP contribution in [0.4, 0.5) is 0 Å². The number of rotatable bonds is 4. The Morgan fingerprint density at radius 3 is 2.52 bits per heavy atom. The fourth-order valence-electron chi connectivity index (χ4n) is 1.91. The summed E-state index contributed by atoms with van der Waals surface area (Å²) < 4.78 is 32.0. The Bertz CT molecular complexity index is 850. The highest BCUT2D eigenvalue weighted by molar-refractivity contribution is 7.89. The van der Waals surface area contributed by atoms with Crippen LogP contribution in [0.1, 0.15) is 11.1 Å². The first-order valence-electron chi connectivity index (χ1n) is 6.82. The highest BCUT2D eigenvalue weighted by Crippen LogP contribution is 2.22. The van der Waals surface area contributed by atoms with E-state index in [0.29, 0.717) is 10.6 Å². The van der Waals surface area contributed by atoms with Gasteiger partial charge < -0.3 is 4.74 Å². The summed E-state index contributed by atoms with van der Waals surface area (Å²) in [5.74, 6) is 6.42. The Labute approximate surface area is 141 Å². The quantitative estimate of drug-likeness (QED) is 0.863. The predicted molar refractivity (Wildman–Crippen MR) is 91.2 cm³/mol. The van der Waals surface area contributed by atoms with Gasteiger partial charge in [0.15, 0.2) is 0 Å². The Balaban J connectivity index is 2.05. The lowest BCUT2D eigenvalue weighted by molar-refractivity contribution is 0.415. The summed E-state index contributed by atoms with van der Waals surface area (Å²) in [6.45, 7) is 1.68. The molecule has 0 saturated heterocycles. The second-order valence-corrected chi connectivity index (χ2v) is 6.86. The predicted octanol–water partition coefficient (Wildman–Crippen LogP) is 2.99. The van der Waals surface area contributed by atoms with Gasteiger partial charge in [0.05, 0.1) is 18.6 Å². The van der Waals surface area contributed by atoms with Crippen LogP contribution < -0.4 is 9.46 Å². The maximum Gasteiger partial charge on any atom is 0.241 e. The van der Waals surface area contributed by atoms with Gasteiger partial charge in [-0.2, -0.15) is 4.72 Å². The Morgan fingerprint density at radius 2 is 1.87 bits per heavy atom. The molecule has 0 aromatic heterocycles. The number of hydrogen-bond donors (Lipinski definition) is 1. The van der Waals surface area contributed by atoms with Crippen molar-refractivity contribution < 1.29 is 13.2 Å². The van der Waals surface area contributed by atoms with E-state index in [1.807, 2.05) is 0 Å². The lowest BCUT2D eigenvalue weighted by atomic mass is 10.2. The molecule has 0 spiro atoms. The van der Waals surface area contributed by atoms with E-state index in [4.69, 9.17) is 16.3 Å². The minimum atomic E-state index is -3.64. The standard InChI is InChI=1S/C17H16ClNO3S/c1-13-16(18)6-3-7-17(13)23(20,21)19-12-4-5-14-8-10-15(22-2)11-9-14/h3,6-11,19H,12H2,1-2H3. The van der Waals surface area contributed by atoms with Crippen molar-refractivity contribution in [3.05, 3.63) is 58.6 Å². The lowest BCUT2D eigenvalue weighted by Crippen LogP contribution is -2.24. The molecule has 2 aromatic carbocycles. The minimum Gasteiger partial charge on any atom is -0.497 e. The highest BCUT2D eigenvalue weighted by Gasteiger charge is 2.16. The Morgan fingerprint density at radius 1 is 1.17 bits per heavy atom. The number of ether oxygens (including phenoxy) is 1. The second-order valence-electron chi connectivity index (χ2n) is 4.72. The topological polar surface area (TPSA) is 55.4 Å². The van der Waals surface area contributed by atoms with Gasteiger partial charge in [0, 0.05) is 10.6 Å². The maximum atomic E-state index is 12.2. The zero-order valence-corrected chi connectivity index (χ0v) is 14.3. The van der Waals surface area contributed by atoms with Crippen LogP contribution in [0, 0.1) is 18.8 Å². The fourth-order valence-corrected chi connectivity index (χ4v) is 3.33. The molecule has 0 amide bonds. The van der Waals surface area contributed by atoms with Gasteiger partial charge in [0.1, 0.15) is 5.75 Å². The summed E-state index contributed by atoms with van der Waals surface area (Å²) in [7, 11) is -2.04. The van der Waals surface area contributed by atoms with Crippen LogP contribution in [0.5, 0.6) is 5.75 Å². The number of nitrogens with one attached hydrogen (secondary N) is 1. The van der Waals surface area contributed by atoms with E-state index in [1.54, 1.807) is 50.4 Å². The molecule has 6 heteroatoms. The summed E-state index contributed by atoms with van der Waals surface area (Å²) in [5, 5.41) is 0.414. The van der Waals surface area contributed by atoms with Crippen molar-refractivity contribution in [2.24, 2.45) is 0 Å². The Kier molecular flexibility index (Phi) is 5.67. The van der Waals surface area contributed by atoms with Crippen molar-refractivity contribution >= 4 is 21.6 Å². The minimum absolute atomic E-state index is 0.0142. The SMILES string of the molecule is COc1ccc(C#CCNS(=O)(=O)c2cccc(Cl)c2C)cc1. The van der Waals surface area contributed by atoms with Gasteiger partial charge in [0.2, 0.25) is 10.0 Å². The molecule has 0 heterocycles. The van der Waals surface area contributed by atoms with Crippen LogP contribution >= 0.6 is 11.6 Å². The monoisotopic (exact) mass is 349 g/mol. The molecule has 0 saturated carbocycles. The van der Waals surface area contributed by atoms with Gasteiger partial charge in [-0.1, -0.05) is 29.5 Å². The van der Waals surface area contributed by atoms with Crippen LogP contribution in [0.15, 0.2) is 47.4 Å². The maximum absolute atomic E-state index is 12.2. The first-order chi connectivity index (χ1) is 10.9. The van der Waals surface area contributed by atoms with E-state index in [-0.39, 0.29) is 11.4 Å². The molecule has 0 aliphatic rings. The van der Waals surface area contributed by atoms with Crippen LogP contribution in [0.3, 0.4) is 0 Å². The van der Waals surface area contributed by atoms with E-state index in [0.717, 1.165) is 11.3 Å². The average Bonchev–Trinajstić information content (AvgIpc) is 2.54. The molecule has 0 fully saturated rings. The number of methoxy groups -OCH3 is 1. The first kappa shape index (κ1) is 17.4. The van der Waals surface area contributed by atoms with Gasteiger partial charge in [-0.05, 0) is 48.9 Å². The van der Waals surface area contributed by atoms with Crippen molar-refractivity contribution in [1.29, 1.82) is 0 Å². The zero-order chi connectivity index (χ0) is 16.9.